The van der Waals surface area contributed by atoms with E-state index in [0.29, 0.717) is 6.61 Å². The van der Waals surface area contributed by atoms with E-state index in [4.69, 9.17) is 4.74 Å². The minimum atomic E-state index is 0.0407. The highest BCUT2D eigenvalue weighted by Gasteiger charge is 2.11. The lowest BCUT2D eigenvalue weighted by atomic mass is 10.1. The summed E-state index contributed by atoms with van der Waals surface area (Å²) in [6, 6.07) is 17.5. The maximum Gasteiger partial charge on any atom is 0.227 e. The van der Waals surface area contributed by atoms with Crippen molar-refractivity contribution in [2.75, 3.05) is 5.32 Å². The van der Waals surface area contributed by atoms with Crippen LogP contribution in [-0.2, 0) is 11.4 Å². The molecule has 1 unspecified atom stereocenters. The largest absolute Gasteiger partial charge is 0.489 e. The zero-order valence-corrected chi connectivity index (χ0v) is 13.2. The van der Waals surface area contributed by atoms with Gasteiger partial charge in [-0.1, -0.05) is 50.6 Å². The van der Waals surface area contributed by atoms with Gasteiger partial charge in [0.05, 0.1) is 0 Å². The molecule has 22 heavy (non-hydrogen) atoms. The minimum Gasteiger partial charge on any atom is -0.489 e. The molecule has 0 bridgehead atoms. The van der Waals surface area contributed by atoms with Crippen LogP contribution in [-0.4, -0.2) is 5.91 Å². The third-order valence-electron chi connectivity index (χ3n) is 3.54. The molecule has 1 N–H and O–H groups in total. The van der Waals surface area contributed by atoms with Crippen molar-refractivity contribution < 1.29 is 9.53 Å². The number of ether oxygens (including phenoxy) is 1. The van der Waals surface area contributed by atoms with Gasteiger partial charge in [0.1, 0.15) is 12.4 Å². The van der Waals surface area contributed by atoms with Crippen molar-refractivity contribution in [3.05, 3.63) is 60.2 Å². The Morgan fingerprint density at radius 3 is 2.41 bits per heavy atom. The molecule has 1 amide bonds. The highest BCUT2D eigenvalue weighted by atomic mass is 16.5. The number of benzene rings is 2. The van der Waals surface area contributed by atoms with Crippen molar-refractivity contribution in [3.8, 4) is 5.75 Å². The van der Waals surface area contributed by atoms with Crippen molar-refractivity contribution in [2.45, 2.75) is 33.3 Å². The number of anilines is 1. The first-order chi connectivity index (χ1) is 10.7. The summed E-state index contributed by atoms with van der Waals surface area (Å²) in [5.41, 5.74) is 1.94. The highest BCUT2D eigenvalue weighted by molar-refractivity contribution is 5.92. The molecule has 116 valence electrons. The summed E-state index contributed by atoms with van der Waals surface area (Å²) in [5, 5.41) is 2.93. The molecule has 0 spiro atoms. The summed E-state index contributed by atoms with van der Waals surface area (Å²) in [6.07, 6.45) is 1.92. The SMILES string of the molecule is CCCC(C)C(=O)Nc1ccc(OCc2ccccc2)cc1. The Hall–Kier alpha value is -2.29. The van der Waals surface area contributed by atoms with Crippen LogP contribution in [0, 0.1) is 5.92 Å². The summed E-state index contributed by atoms with van der Waals surface area (Å²) >= 11 is 0. The molecule has 3 nitrogen and oxygen atoms in total. The highest BCUT2D eigenvalue weighted by Crippen LogP contribution is 2.18. The Balaban J connectivity index is 1.86. The summed E-state index contributed by atoms with van der Waals surface area (Å²) < 4.78 is 5.73. The molecule has 1 atom stereocenters. The average Bonchev–Trinajstić information content (AvgIpc) is 2.55. The number of carbonyl (C=O) groups excluding carboxylic acids is 1. The van der Waals surface area contributed by atoms with Crippen molar-refractivity contribution in [1.29, 1.82) is 0 Å². The van der Waals surface area contributed by atoms with E-state index >= 15 is 0 Å². The van der Waals surface area contributed by atoms with E-state index in [9.17, 15) is 4.79 Å². The predicted molar refractivity (Wildman–Crippen MR) is 89.9 cm³/mol. The Morgan fingerprint density at radius 2 is 1.77 bits per heavy atom. The summed E-state index contributed by atoms with van der Waals surface area (Å²) in [7, 11) is 0. The van der Waals surface area contributed by atoms with Gasteiger partial charge in [-0.05, 0) is 36.2 Å². The molecule has 3 heteroatoms. The molecule has 2 aromatic rings. The maximum atomic E-state index is 12.0. The van der Waals surface area contributed by atoms with Crippen molar-refractivity contribution >= 4 is 11.6 Å². The number of hydrogen-bond donors (Lipinski definition) is 1. The second kappa shape index (κ2) is 8.23. The summed E-state index contributed by atoms with van der Waals surface area (Å²) in [5.74, 6) is 0.905. The van der Waals surface area contributed by atoms with Crippen LogP contribution in [0.3, 0.4) is 0 Å². The van der Waals surface area contributed by atoms with Crippen molar-refractivity contribution in [3.63, 3.8) is 0 Å². The molecule has 0 aromatic heterocycles. The normalized spacial score (nSPS) is 11.7. The topological polar surface area (TPSA) is 38.3 Å². The zero-order chi connectivity index (χ0) is 15.8. The average molecular weight is 297 g/mol. The van der Waals surface area contributed by atoms with Crippen LogP contribution in [0.1, 0.15) is 32.3 Å². The fraction of sp³-hybridized carbons (Fsp3) is 0.316. The number of carbonyl (C=O) groups is 1. The molecule has 2 rings (SSSR count). The number of hydrogen-bond acceptors (Lipinski definition) is 2. The van der Waals surface area contributed by atoms with Crippen LogP contribution >= 0.6 is 0 Å². The van der Waals surface area contributed by atoms with E-state index in [2.05, 4.69) is 12.2 Å². The molecular weight excluding hydrogens is 274 g/mol. The summed E-state index contributed by atoms with van der Waals surface area (Å²) in [6.45, 7) is 4.58. The van der Waals surface area contributed by atoms with Crippen LogP contribution in [0.25, 0.3) is 0 Å². The third-order valence-corrected chi connectivity index (χ3v) is 3.54. The first-order valence-corrected chi connectivity index (χ1v) is 7.76. The van der Waals surface area contributed by atoms with E-state index < -0.39 is 0 Å². The van der Waals surface area contributed by atoms with E-state index in [-0.39, 0.29) is 11.8 Å². The number of amides is 1. The standard InChI is InChI=1S/C19H23NO2/c1-3-7-15(2)19(21)20-17-10-12-18(13-11-17)22-14-16-8-5-4-6-9-16/h4-6,8-13,15H,3,7,14H2,1-2H3,(H,20,21). The van der Waals surface area contributed by atoms with Gasteiger partial charge in [-0.3, -0.25) is 4.79 Å². The molecular formula is C19H23NO2. The number of rotatable bonds is 7. The third kappa shape index (κ3) is 4.92. The molecule has 2 aromatic carbocycles. The molecule has 0 heterocycles. The van der Waals surface area contributed by atoms with E-state index in [1.54, 1.807) is 0 Å². The van der Waals surface area contributed by atoms with Gasteiger partial charge in [-0.15, -0.1) is 0 Å². The first kappa shape index (κ1) is 16.1. The van der Waals surface area contributed by atoms with Gasteiger partial charge < -0.3 is 10.1 Å². The van der Waals surface area contributed by atoms with E-state index in [0.717, 1.165) is 29.8 Å². The van der Waals surface area contributed by atoms with Crippen LogP contribution < -0.4 is 10.1 Å². The van der Waals surface area contributed by atoms with Gasteiger partial charge in [0, 0.05) is 11.6 Å². The molecule has 0 aliphatic rings. The van der Waals surface area contributed by atoms with Gasteiger partial charge in [0.2, 0.25) is 5.91 Å². The Morgan fingerprint density at radius 1 is 1.09 bits per heavy atom. The zero-order valence-electron chi connectivity index (χ0n) is 13.2. The first-order valence-electron chi connectivity index (χ1n) is 7.76. The van der Waals surface area contributed by atoms with Crippen LogP contribution in [0.15, 0.2) is 54.6 Å². The van der Waals surface area contributed by atoms with Gasteiger partial charge in [0.15, 0.2) is 0 Å². The van der Waals surface area contributed by atoms with Crippen LogP contribution in [0.5, 0.6) is 5.75 Å². The molecule has 0 radical (unpaired) electrons. The quantitative estimate of drug-likeness (QED) is 0.808. The smallest absolute Gasteiger partial charge is 0.227 e. The molecule has 0 saturated heterocycles. The monoisotopic (exact) mass is 297 g/mol. The Bertz CT molecular complexity index is 578. The fourth-order valence-electron chi connectivity index (χ4n) is 2.20. The van der Waals surface area contributed by atoms with Crippen molar-refractivity contribution in [2.24, 2.45) is 5.92 Å². The lowest BCUT2D eigenvalue weighted by molar-refractivity contribution is -0.119. The summed E-state index contributed by atoms with van der Waals surface area (Å²) in [4.78, 5) is 12.0. The van der Waals surface area contributed by atoms with Gasteiger partial charge in [-0.2, -0.15) is 0 Å². The van der Waals surface area contributed by atoms with E-state index in [1.807, 2.05) is 61.5 Å². The molecule has 0 aliphatic heterocycles. The lowest BCUT2D eigenvalue weighted by Crippen LogP contribution is -2.20. The molecule has 0 aliphatic carbocycles. The van der Waals surface area contributed by atoms with Gasteiger partial charge in [-0.25, -0.2) is 0 Å². The lowest BCUT2D eigenvalue weighted by Gasteiger charge is -2.12. The molecule has 0 fully saturated rings. The van der Waals surface area contributed by atoms with Gasteiger partial charge in [0.25, 0.3) is 0 Å². The minimum absolute atomic E-state index is 0.0407. The van der Waals surface area contributed by atoms with Crippen LogP contribution in [0.4, 0.5) is 5.69 Å². The fourth-order valence-corrected chi connectivity index (χ4v) is 2.20. The second-order valence-electron chi connectivity index (χ2n) is 5.48. The molecule has 0 saturated carbocycles. The number of nitrogens with one attached hydrogen (secondary N) is 1. The van der Waals surface area contributed by atoms with Crippen molar-refractivity contribution in [1.82, 2.24) is 0 Å². The second-order valence-corrected chi connectivity index (χ2v) is 5.48. The van der Waals surface area contributed by atoms with Gasteiger partial charge >= 0.3 is 0 Å². The Labute approximate surface area is 132 Å². The maximum absolute atomic E-state index is 12.0. The Kier molecular flexibility index (Phi) is 6.01. The predicted octanol–water partition coefficient (Wildman–Crippen LogP) is 4.64. The van der Waals surface area contributed by atoms with E-state index in [1.165, 1.54) is 0 Å². The van der Waals surface area contributed by atoms with Crippen LogP contribution in [0.2, 0.25) is 0 Å².